The Morgan fingerprint density at radius 3 is 2.89 bits per heavy atom. The van der Waals surface area contributed by atoms with Crippen LogP contribution in [-0.2, 0) is 6.54 Å². The van der Waals surface area contributed by atoms with Crippen LogP contribution in [0.25, 0.3) is 0 Å². The molecule has 0 amide bonds. The maximum Gasteiger partial charge on any atom is 0.273 e. The van der Waals surface area contributed by atoms with E-state index >= 15 is 0 Å². The van der Waals surface area contributed by atoms with E-state index in [4.69, 9.17) is 0 Å². The number of hydrogen-bond donors (Lipinski definition) is 1. The molecular weight excluding hydrogens is 242 g/mol. The Labute approximate surface area is 113 Å². The molecule has 5 heteroatoms. The van der Waals surface area contributed by atoms with Gasteiger partial charge in [0.1, 0.15) is 0 Å². The minimum Gasteiger partial charge on any atom is -0.313 e. The number of nitrogens with one attached hydrogen (secondary N) is 1. The second-order valence-corrected chi connectivity index (χ2v) is 5.01. The van der Waals surface area contributed by atoms with Crippen molar-refractivity contribution >= 4 is 5.69 Å². The summed E-state index contributed by atoms with van der Waals surface area (Å²) in [6, 6.07) is 7.54. The number of nitrogens with zero attached hydrogens (tertiary/aromatic N) is 2. The lowest BCUT2D eigenvalue weighted by Crippen LogP contribution is -2.37. The largest absolute Gasteiger partial charge is 0.313 e. The van der Waals surface area contributed by atoms with Gasteiger partial charge < -0.3 is 5.32 Å². The SMILES string of the molecule is CCN(Cc1ccccc1[N+](=O)[O-])CC1CCCN1. The molecule has 2 rings (SSSR count). The van der Waals surface area contributed by atoms with E-state index < -0.39 is 0 Å². The highest BCUT2D eigenvalue weighted by Gasteiger charge is 2.19. The lowest BCUT2D eigenvalue weighted by Gasteiger charge is -2.24. The number of nitro groups is 1. The maximum atomic E-state index is 11.0. The fraction of sp³-hybridized carbons (Fsp3) is 0.571. The first-order chi connectivity index (χ1) is 9.20. The van der Waals surface area contributed by atoms with Gasteiger partial charge in [-0.05, 0) is 25.9 Å². The molecule has 19 heavy (non-hydrogen) atoms. The van der Waals surface area contributed by atoms with E-state index in [9.17, 15) is 10.1 Å². The van der Waals surface area contributed by atoms with E-state index in [2.05, 4.69) is 17.1 Å². The van der Waals surface area contributed by atoms with Crippen molar-refractivity contribution in [1.82, 2.24) is 10.2 Å². The predicted molar refractivity (Wildman–Crippen MR) is 75.1 cm³/mol. The van der Waals surface area contributed by atoms with Gasteiger partial charge in [-0.25, -0.2) is 0 Å². The Hall–Kier alpha value is -1.46. The van der Waals surface area contributed by atoms with Crippen molar-refractivity contribution in [2.75, 3.05) is 19.6 Å². The summed E-state index contributed by atoms with van der Waals surface area (Å²) in [6.07, 6.45) is 2.43. The van der Waals surface area contributed by atoms with Crippen molar-refractivity contribution in [2.45, 2.75) is 32.4 Å². The summed E-state index contributed by atoms with van der Waals surface area (Å²) in [5, 5.41) is 14.5. The Balaban J connectivity index is 2.03. The summed E-state index contributed by atoms with van der Waals surface area (Å²) < 4.78 is 0. The van der Waals surface area contributed by atoms with Gasteiger partial charge in [0.05, 0.1) is 4.92 Å². The molecule has 1 fully saturated rings. The van der Waals surface area contributed by atoms with Crippen LogP contribution in [0, 0.1) is 10.1 Å². The van der Waals surface area contributed by atoms with Crippen LogP contribution in [-0.4, -0.2) is 35.5 Å². The van der Waals surface area contributed by atoms with Gasteiger partial charge in [0.15, 0.2) is 0 Å². The fourth-order valence-electron chi connectivity index (χ4n) is 2.59. The number of benzene rings is 1. The molecule has 104 valence electrons. The van der Waals surface area contributed by atoms with Crippen LogP contribution in [0.4, 0.5) is 5.69 Å². The van der Waals surface area contributed by atoms with Crippen molar-refractivity contribution in [2.24, 2.45) is 0 Å². The molecule has 0 radical (unpaired) electrons. The van der Waals surface area contributed by atoms with Gasteiger partial charge in [0.25, 0.3) is 5.69 Å². The van der Waals surface area contributed by atoms with Crippen LogP contribution in [0.15, 0.2) is 24.3 Å². The predicted octanol–water partition coefficient (Wildman–Crippen LogP) is 2.17. The molecule has 0 saturated carbocycles. The molecule has 1 heterocycles. The van der Waals surface area contributed by atoms with Crippen molar-refractivity contribution in [1.29, 1.82) is 0 Å². The van der Waals surface area contributed by atoms with Gasteiger partial charge in [-0.1, -0.05) is 25.1 Å². The number of nitro benzene ring substituents is 1. The monoisotopic (exact) mass is 263 g/mol. The van der Waals surface area contributed by atoms with Crippen LogP contribution < -0.4 is 5.32 Å². The highest BCUT2D eigenvalue weighted by Crippen LogP contribution is 2.20. The van der Waals surface area contributed by atoms with Gasteiger partial charge in [0.2, 0.25) is 0 Å². The molecule has 1 saturated heterocycles. The van der Waals surface area contributed by atoms with Gasteiger partial charge in [-0.15, -0.1) is 0 Å². The van der Waals surface area contributed by atoms with E-state index in [0.717, 1.165) is 25.2 Å². The van der Waals surface area contributed by atoms with Gasteiger partial charge >= 0.3 is 0 Å². The molecule has 1 aromatic rings. The van der Waals surface area contributed by atoms with Crippen molar-refractivity contribution in [3.05, 3.63) is 39.9 Å². The summed E-state index contributed by atoms with van der Waals surface area (Å²) in [7, 11) is 0. The zero-order chi connectivity index (χ0) is 13.7. The van der Waals surface area contributed by atoms with E-state index in [0.29, 0.717) is 12.6 Å². The van der Waals surface area contributed by atoms with Crippen LogP contribution in [0.5, 0.6) is 0 Å². The van der Waals surface area contributed by atoms with Gasteiger partial charge in [-0.3, -0.25) is 15.0 Å². The van der Waals surface area contributed by atoms with Gasteiger partial charge in [-0.2, -0.15) is 0 Å². The highest BCUT2D eigenvalue weighted by atomic mass is 16.6. The molecular formula is C14H21N3O2. The Kier molecular flexibility index (Phi) is 4.87. The van der Waals surface area contributed by atoms with Gasteiger partial charge in [0, 0.05) is 30.8 Å². The van der Waals surface area contributed by atoms with E-state index in [1.165, 1.54) is 12.8 Å². The van der Waals surface area contributed by atoms with Crippen molar-refractivity contribution < 1.29 is 4.92 Å². The Bertz CT molecular complexity index is 430. The average Bonchev–Trinajstić information content (AvgIpc) is 2.91. The maximum absolute atomic E-state index is 11.0. The first-order valence-electron chi connectivity index (χ1n) is 6.88. The summed E-state index contributed by atoms with van der Waals surface area (Å²) in [5.41, 5.74) is 1.02. The summed E-state index contributed by atoms with van der Waals surface area (Å²) >= 11 is 0. The third-order valence-electron chi connectivity index (χ3n) is 3.67. The van der Waals surface area contributed by atoms with Crippen molar-refractivity contribution in [3.63, 3.8) is 0 Å². The second kappa shape index (κ2) is 6.63. The van der Waals surface area contributed by atoms with Crippen LogP contribution >= 0.6 is 0 Å². The summed E-state index contributed by atoms with van der Waals surface area (Å²) in [6.45, 7) is 5.70. The molecule has 0 bridgehead atoms. The van der Waals surface area contributed by atoms with Crippen LogP contribution in [0.1, 0.15) is 25.3 Å². The first-order valence-corrected chi connectivity index (χ1v) is 6.88. The zero-order valence-corrected chi connectivity index (χ0v) is 11.3. The normalized spacial score (nSPS) is 18.9. The van der Waals surface area contributed by atoms with Crippen molar-refractivity contribution in [3.8, 4) is 0 Å². The second-order valence-electron chi connectivity index (χ2n) is 5.01. The standard InChI is InChI=1S/C14H21N3O2/c1-2-16(11-13-7-5-9-15-13)10-12-6-3-4-8-14(12)17(18)19/h3-4,6,8,13,15H,2,5,7,9-11H2,1H3. The molecule has 5 nitrogen and oxygen atoms in total. The fourth-order valence-corrected chi connectivity index (χ4v) is 2.59. The highest BCUT2D eigenvalue weighted by molar-refractivity contribution is 5.39. The molecule has 0 spiro atoms. The Morgan fingerprint density at radius 2 is 2.26 bits per heavy atom. The summed E-state index contributed by atoms with van der Waals surface area (Å²) in [4.78, 5) is 13.0. The zero-order valence-electron chi connectivity index (χ0n) is 11.3. The quantitative estimate of drug-likeness (QED) is 0.631. The molecule has 1 aliphatic rings. The lowest BCUT2D eigenvalue weighted by molar-refractivity contribution is -0.385. The molecule has 0 aromatic heterocycles. The summed E-state index contributed by atoms with van der Waals surface area (Å²) in [5.74, 6) is 0. The molecule has 0 aliphatic carbocycles. The van der Waals surface area contributed by atoms with E-state index in [-0.39, 0.29) is 10.6 Å². The smallest absolute Gasteiger partial charge is 0.273 e. The first kappa shape index (κ1) is 14.0. The van der Waals surface area contributed by atoms with Crippen LogP contribution in [0.2, 0.25) is 0 Å². The average molecular weight is 263 g/mol. The molecule has 1 aliphatic heterocycles. The number of hydrogen-bond acceptors (Lipinski definition) is 4. The van der Waals surface area contributed by atoms with Crippen LogP contribution in [0.3, 0.4) is 0 Å². The van der Waals surface area contributed by atoms with E-state index in [1.807, 2.05) is 12.1 Å². The minimum absolute atomic E-state index is 0.223. The molecule has 1 atom stereocenters. The third-order valence-corrected chi connectivity index (χ3v) is 3.67. The number of likely N-dealkylation sites (N-methyl/N-ethyl adjacent to an activating group) is 1. The third kappa shape index (κ3) is 3.75. The topological polar surface area (TPSA) is 58.4 Å². The molecule has 1 aromatic carbocycles. The number of para-hydroxylation sites is 1. The number of rotatable bonds is 6. The lowest BCUT2D eigenvalue weighted by atomic mass is 10.1. The Morgan fingerprint density at radius 1 is 1.47 bits per heavy atom. The van der Waals surface area contributed by atoms with E-state index in [1.54, 1.807) is 12.1 Å². The molecule has 1 N–H and O–H groups in total. The molecule has 1 unspecified atom stereocenters. The minimum atomic E-state index is -0.295.